The SMILES string of the molecule is COCc1nc(N2CCN(c3cnn(C)c3)C(=O)C2)c2c(-c3ccccc3)csc2n1. The first-order chi connectivity index (χ1) is 15.1. The van der Waals surface area contributed by atoms with Gasteiger partial charge in [-0.3, -0.25) is 9.48 Å². The lowest BCUT2D eigenvalue weighted by Gasteiger charge is -2.34. The smallest absolute Gasteiger partial charge is 0.246 e. The van der Waals surface area contributed by atoms with Crippen molar-refractivity contribution >= 4 is 39.0 Å². The molecule has 3 aromatic heterocycles. The Morgan fingerprint density at radius 2 is 2.00 bits per heavy atom. The number of anilines is 2. The van der Waals surface area contributed by atoms with Gasteiger partial charge >= 0.3 is 0 Å². The average Bonchev–Trinajstić information content (AvgIpc) is 3.40. The second kappa shape index (κ2) is 8.09. The van der Waals surface area contributed by atoms with E-state index < -0.39 is 0 Å². The zero-order valence-electron chi connectivity index (χ0n) is 17.4. The predicted octanol–water partition coefficient (Wildman–Crippen LogP) is 3.09. The molecule has 8 nitrogen and oxygen atoms in total. The number of fused-ring (bicyclic) bond motifs is 1. The molecule has 9 heteroatoms. The summed E-state index contributed by atoms with van der Waals surface area (Å²) in [6.45, 7) is 1.81. The van der Waals surface area contributed by atoms with Gasteiger partial charge in [0.2, 0.25) is 5.91 Å². The van der Waals surface area contributed by atoms with E-state index in [0.717, 1.165) is 32.8 Å². The maximum absolute atomic E-state index is 13.0. The maximum atomic E-state index is 13.0. The summed E-state index contributed by atoms with van der Waals surface area (Å²) >= 11 is 1.59. The molecule has 4 heterocycles. The van der Waals surface area contributed by atoms with E-state index >= 15 is 0 Å². The first kappa shape index (κ1) is 19.7. The van der Waals surface area contributed by atoms with Crippen molar-refractivity contribution in [1.29, 1.82) is 0 Å². The number of benzene rings is 1. The van der Waals surface area contributed by atoms with Gasteiger partial charge < -0.3 is 14.5 Å². The van der Waals surface area contributed by atoms with Gasteiger partial charge in [-0.1, -0.05) is 30.3 Å². The van der Waals surface area contributed by atoms with Gasteiger partial charge in [-0.15, -0.1) is 11.3 Å². The minimum Gasteiger partial charge on any atom is -0.377 e. The first-order valence-electron chi connectivity index (χ1n) is 10.0. The number of aromatic nitrogens is 4. The Balaban J connectivity index is 1.55. The molecule has 31 heavy (non-hydrogen) atoms. The minimum atomic E-state index is 0.0239. The summed E-state index contributed by atoms with van der Waals surface area (Å²) < 4.78 is 6.99. The third-order valence-corrected chi connectivity index (χ3v) is 6.21. The topological polar surface area (TPSA) is 76.4 Å². The first-order valence-corrected chi connectivity index (χ1v) is 10.9. The Bertz CT molecular complexity index is 1240. The highest BCUT2D eigenvalue weighted by Gasteiger charge is 2.29. The summed E-state index contributed by atoms with van der Waals surface area (Å²) in [6, 6.07) is 10.2. The van der Waals surface area contributed by atoms with E-state index in [9.17, 15) is 4.79 Å². The molecular weight excluding hydrogens is 412 g/mol. The van der Waals surface area contributed by atoms with Crippen molar-refractivity contribution in [3.05, 3.63) is 53.9 Å². The number of carbonyl (C=O) groups excluding carboxylic acids is 1. The zero-order valence-corrected chi connectivity index (χ0v) is 18.2. The van der Waals surface area contributed by atoms with Gasteiger partial charge in [0.25, 0.3) is 0 Å². The molecule has 0 saturated carbocycles. The van der Waals surface area contributed by atoms with Crippen LogP contribution in [0.2, 0.25) is 0 Å². The van der Waals surface area contributed by atoms with Crippen LogP contribution in [0.15, 0.2) is 48.1 Å². The molecule has 4 aromatic rings. The van der Waals surface area contributed by atoms with E-state index in [0.29, 0.717) is 25.5 Å². The van der Waals surface area contributed by atoms with Gasteiger partial charge in [0.05, 0.1) is 23.8 Å². The Hall–Kier alpha value is -3.30. The summed E-state index contributed by atoms with van der Waals surface area (Å²) in [6.07, 6.45) is 3.58. The average molecular weight is 435 g/mol. The summed E-state index contributed by atoms with van der Waals surface area (Å²) in [5.41, 5.74) is 3.01. The number of carbonyl (C=O) groups is 1. The fraction of sp³-hybridized carbons (Fsp3) is 0.273. The molecule has 1 amide bonds. The normalized spacial score (nSPS) is 14.6. The van der Waals surface area contributed by atoms with E-state index in [2.05, 4.69) is 27.5 Å². The zero-order chi connectivity index (χ0) is 21.4. The van der Waals surface area contributed by atoms with Crippen LogP contribution >= 0.6 is 11.3 Å². The number of ether oxygens (including phenoxy) is 1. The number of thiophene rings is 1. The minimum absolute atomic E-state index is 0.0239. The van der Waals surface area contributed by atoms with Crippen molar-refractivity contribution in [3.63, 3.8) is 0 Å². The number of aryl methyl sites for hydroxylation is 1. The number of piperazine rings is 1. The van der Waals surface area contributed by atoms with Crippen LogP contribution in [0.4, 0.5) is 11.5 Å². The van der Waals surface area contributed by atoms with Gasteiger partial charge in [0.15, 0.2) is 5.82 Å². The van der Waals surface area contributed by atoms with Gasteiger partial charge in [-0.25, -0.2) is 9.97 Å². The van der Waals surface area contributed by atoms with Gasteiger partial charge in [-0.05, 0) is 5.56 Å². The summed E-state index contributed by atoms with van der Waals surface area (Å²) in [7, 11) is 3.48. The highest BCUT2D eigenvalue weighted by atomic mass is 32.1. The van der Waals surface area contributed by atoms with Crippen LogP contribution in [0.25, 0.3) is 21.3 Å². The van der Waals surface area contributed by atoms with Crippen molar-refractivity contribution < 1.29 is 9.53 Å². The predicted molar refractivity (Wildman–Crippen MR) is 121 cm³/mol. The van der Waals surface area contributed by atoms with Gasteiger partial charge in [0.1, 0.15) is 17.3 Å². The van der Waals surface area contributed by atoms with Crippen LogP contribution in [0.5, 0.6) is 0 Å². The van der Waals surface area contributed by atoms with E-state index in [1.165, 1.54) is 0 Å². The molecule has 158 valence electrons. The van der Waals surface area contributed by atoms with Gasteiger partial charge in [0, 0.05) is 44.4 Å². The third-order valence-electron chi connectivity index (χ3n) is 5.34. The summed E-state index contributed by atoms with van der Waals surface area (Å²) in [5.74, 6) is 1.43. The molecule has 0 N–H and O–H groups in total. The molecule has 0 aliphatic carbocycles. The third kappa shape index (κ3) is 3.66. The van der Waals surface area contributed by atoms with Crippen molar-refractivity contribution in [2.75, 3.05) is 36.5 Å². The number of rotatable bonds is 5. The molecule has 0 atom stereocenters. The van der Waals surface area contributed by atoms with E-state index in [4.69, 9.17) is 14.7 Å². The molecular formula is C22H22N6O2S. The highest BCUT2D eigenvalue weighted by Crippen LogP contribution is 2.38. The maximum Gasteiger partial charge on any atom is 0.246 e. The molecule has 0 unspecified atom stereocenters. The quantitative estimate of drug-likeness (QED) is 0.480. The number of hydrogen-bond acceptors (Lipinski definition) is 7. The monoisotopic (exact) mass is 434 g/mol. The van der Waals surface area contributed by atoms with Gasteiger partial charge in [-0.2, -0.15) is 5.10 Å². The molecule has 1 fully saturated rings. The lowest BCUT2D eigenvalue weighted by molar-refractivity contribution is -0.117. The summed E-state index contributed by atoms with van der Waals surface area (Å²) in [4.78, 5) is 27.3. The number of methoxy groups -OCH3 is 1. The fourth-order valence-electron chi connectivity index (χ4n) is 3.89. The van der Waals surface area contributed by atoms with Crippen LogP contribution in [0.3, 0.4) is 0 Å². The largest absolute Gasteiger partial charge is 0.377 e. The van der Waals surface area contributed by atoms with Crippen LogP contribution in [-0.2, 0) is 23.2 Å². The lowest BCUT2D eigenvalue weighted by atomic mass is 10.1. The van der Waals surface area contributed by atoms with E-state index in [1.54, 1.807) is 34.2 Å². The van der Waals surface area contributed by atoms with E-state index in [-0.39, 0.29) is 12.5 Å². The van der Waals surface area contributed by atoms with Crippen LogP contribution in [0, 0.1) is 0 Å². The van der Waals surface area contributed by atoms with Crippen molar-refractivity contribution in [2.24, 2.45) is 7.05 Å². The Morgan fingerprint density at radius 1 is 1.16 bits per heavy atom. The van der Waals surface area contributed by atoms with Crippen LogP contribution in [0.1, 0.15) is 5.82 Å². The van der Waals surface area contributed by atoms with E-state index in [1.807, 2.05) is 31.4 Å². The van der Waals surface area contributed by atoms with Crippen molar-refractivity contribution in [2.45, 2.75) is 6.61 Å². The Kier molecular flexibility index (Phi) is 5.13. The summed E-state index contributed by atoms with van der Waals surface area (Å²) in [5, 5.41) is 7.29. The second-order valence-corrected chi connectivity index (χ2v) is 8.29. The van der Waals surface area contributed by atoms with Crippen molar-refractivity contribution in [3.8, 4) is 11.1 Å². The molecule has 1 aromatic carbocycles. The molecule has 0 spiro atoms. The molecule has 1 aliphatic rings. The highest BCUT2D eigenvalue weighted by molar-refractivity contribution is 7.17. The molecule has 5 rings (SSSR count). The molecule has 1 aliphatic heterocycles. The standard InChI is InChI=1S/C22H22N6O2S/c1-26-11-16(10-23-26)28-9-8-27(12-19(28)29)21-20-17(15-6-4-3-5-7-15)14-31-22(20)25-18(24-21)13-30-2/h3-7,10-11,14H,8-9,12-13H2,1-2H3. The Morgan fingerprint density at radius 3 is 2.71 bits per heavy atom. The molecule has 0 radical (unpaired) electrons. The van der Waals surface area contributed by atoms with Crippen LogP contribution < -0.4 is 9.80 Å². The Labute approximate surface area is 183 Å². The second-order valence-electron chi connectivity index (χ2n) is 7.43. The van der Waals surface area contributed by atoms with Crippen molar-refractivity contribution in [1.82, 2.24) is 19.7 Å². The fourth-order valence-corrected chi connectivity index (χ4v) is 4.85. The number of nitrogens with zero attached hydrogens (tertiary/aromatic N) is 6. The number of hydrogen-bond donors (Lipinski definition) is 0. The van der Waals surface area contributed by atoms with Crippen LogP contribution in [-0.4, -0.2) is 52.4 Å². The molecule has 0 bridgehead atoms. The lowest BCUT2D eigenvalue weighted by Crippen LogP contribution is -2.51. The molecule has 1 saturated heterocycles. The number of amides is 1.